The van der Waals surface area contributed by atoms with Crippen LogP contribution in [0.25, 0.3) is 5.57 Å². The largest absolute Gasteiger partial charge is 0.508 e. The molecule has 0 aromatic heterocycles. The maximum Gasteiger partial charge on any atom is 0.135 e. The van der Waals surface area contributed by atoms with E-state index in [2.05, 4.69) is 18.7 Å². The third-order valence-electron chi connectivity index (χ3n) is 3.15. The molecule has 1 heterocycles. The van der Waals surface area contributed by atoms with Crippen LogP contribution < -0.4 is 4.74 Å². The van der Waals surface area contributed by atoms with Crippen molar-refractivity contribution in [3.8, 4) is 11.5 Å². The van der Waals surface area contributed by atoms with E-state index in [0.717, 1.165) is 28.0 Å². The van der Waals surface area contributed by atoms with Crippen molar-refractivity contribution in [2.24, 2.45) is 0 Å². The molecule has 1 aliphatic heterocycles. The first-order valence-corrected chi connectivity index (χ1v) is 6.12. The molecule has 1 aliphatic rings. The Bertz CT molecular complexity index is 679. The Morgan fingerprint density at radius 2 is 1.79 bits per heavy atom. The van der Waals surface area contributed by atoms with Gasteiger partial charge >= 0.3 is 0 Å². The lowest BCUT2D eigenvalue weighted by molar-refractivity contribution is 0.441. The van der Waals surface area contributed by atoms with Crippen molar-refractivity contribution in [3.05, 3.63) is 77.6 Å². The second kappa shape index (κ2) is 4.32. The number of aryl methyl sites for hydroxylation is 1. The van der Waals surface area contributed by atoms with Crippen molar-refractivity contribution >= 4 is 5.57 Å². The van der Waals surface area contributed by atoms with Gasteiger partial charge in [0.1, 0.15) is 17.3 Å². The normalized spacial score (nSPS) is 13.5. The number of phenolic OH excluding ortho intramolecular Hbond substituents is 1. The van der Waals surface area contributed by atoms with Crippen molar-refractivity contribution in [1.29, 1.82) is 0 Å². The van der Waals surface area contributed by atoms with Crippen molar-refractivity contribution in [3.63, 3.8) is 0 Å². The first-order valence-electron chi connectivity index (χ1n) is 6.12. The Kier molecular flexibility index (Phi) is 2.64. The van der Waals surface area contributed by atoms with Gasteiger partial charge in [-0.3, -0.25) is 0 Å². The summed E-state index contributed by atoms with van der Waals surface area (Å²) in [5.74, 6) is 1.72. The molecule has 0 saturated carbocycles. The standard InChI is InChI=1S/C17H14O2/c1-11-3-8-15-16(10-12(2)19-17(15)9-11)13-4-6-14(18)7-5-13/h3-10,18H,2H2,1H3. The molecule has 0 bridgehead atoms. The molecular formula is C17H14O2. The zero-order valence-corrected chi connectivity index (χ0v) is 10.7. The highest BCUT2D eigenvalue weighted by molar-refractivity contribution is 5.85. The summed E-state index contributed by atoms with van der Waals surface area (Å²) < 4.78 is 5.67. The number of hydrogen-bond acceptors (Lipinski definition) is 2. The zero-order chi connectivity index (χ0) is 13.4. The lowest BCUT2D eigenvalue weighted by Gasteiger charge is -2.20. The van der Waals surface area contributed by atoms with E-state index in [-0.39, 0.29) is 5.75 Å². The molecule has 19 heavy (non-hydrogen) atoms. The van der Waals surface area contributed by atoms with Crippen LogP contribution in [0.2, 0.25) is 0 Å². The van der Waals surface area contributed by atoms with Crippen LogP contribution in [0.15, 0.2) is 60.9 Å². The summed E-state index contributed by atoms with van der Waals surface area (Å²) in [6.07, 6.45) is 1.92. The summed E-state index contributed by atoms with van der Waals surface area (Å²) in [7, 11) is 0. The molecule has 0 unspecified atom stereocenters. The summed E-state index contributed by atoms with van der Waals surface area (Å²) in [5.41, 5.74) is 4.29. The van der Waals surface area contributed by atoms with Gasteiger partial charge in [-0.1, -0.05) is 30.8 Å². The highest BCUT2D eigenvalue weighted by Crippen LogP contribution is 2.37. The predicted octanol–water partition coefficient (Wildman–Crippen LogP) is 4.04. The van der Waals surface area contributed by atoms with E-state index in [1.54, 1.807) is 12.1 Å². The quantitative estimate of drug-likeness (QED) is 0.827. The number of rotatable bonds is 1. The van der Waals surface area contributed by atoms with E-state index in [9.17, 15) is 5.11 Å². The van der Waals surface area contributed by atoms with Crippen LogP contribution in [0.1, 0.15) is 16.7 Å². The fraction of sp³-hybridized carbons (Fsp3) is 0.0588. The predicted molar refractivity (Wildman–Crippen MR) is 76.1 cm³/mol. The average molecular weight is 250 g/mol. The van der Waals surface area contributed by atoms with E-state index in [4.69, 9.17) is 4.74 Å². The van der Waals surface area contributed by atoms with Gasteiger partial charge in [0.05, 0.1) is 0 Å². The van der Waals surface area contributed by atoms with Gasteiger partial charge in [-0.2, -0.15) is 0 Å². The molecule has 2 heteroatoms. The van der Waals surface area contributed by atoms with Crippen LogP contribution in [0, 0.1) is 6.92 Å². The zero-order valence-electron chi connectivity index (χ0n) is 10.7. The third kappa shape index (κ3) is 2.13. The number of allylic oxidation sites excluding steroid dienone is 1. The minimum atomic E-state index is 0.263. The van der Waals surface area contributed by atoms with E-state index >= 15 is 0 Å². The molecule has 0 radical (unpaired) electrons. The Hall–Kier alpha value is -2.48. The van der Waals surface area contributed by atoms with Crippen molar-refractivity contribution in [2.45, 2.75) is 6.92 Å². The molecular weight excluding hydrogens is 236 g/mol. The molecule has 2 aromatic rings. The monoisotopic (exact) mass is 250 g/mol. The topological polar surface area (TPSA) is 29.5 Å². The fourth-order valence-electron chi connectivity index (χ4n) is 2.23. The summed E-state index contributed by atoms with van der Waals surface area (Å²) in [4.78, 5) is 0. The number of ether oxygens (including phenoxy) is 1. The molecule has 0 atom stereocenters. The minimum Gasteiger partial charge on any atom is -0.508 e. The molecule has 1 N–H and O–H groups in total. The van der Waals surface area contributed by atoms with Crippen molar-refractivity contribution in [1.82, 2.24) is 0 Å². The van der Waals surface area contributed by atoms with Crippen LogP contribution in [0.5, 0.6) is 11.5 Å². The Balaban J connectivity index is 2.15. The van der Waals surface area contributed by atoms with Gasteiger partial charge in [-0.25, -0.2) is 0 Å². The first-order chi connectivity index (χ1) is 9.13. The number of phenols is 1. The Labute approximate surface area is 112 Å². The molecule has 0 fully saturated rings. The molecule has 0 spiro atoms. The number of aromatic hydroxyl groups is 1. The second-order valence-electron chi connectivity index (χ2n) is 4.67. The molecule has 94 valence electrons. The molecule has 2 nitrogen and oxygen atoms in total. The molecule has 0 saturated heterocycles. The smallest absolute Gasteiger partial charge is 0.135 e. The lowest BCUT2D eigenvalue weighted by Crippen LogP contribution is -2.03. The van der Waals surface area contributed by atoms with Gasteiger partial charge in [0.2, 0.25) is 0 Å². The van der Waals surface area contributed by atoms with Crippen LogP contribution in [0.3, 0.4) is 0 Å². The fourth-order valence-corrected chi connectivity index (χ4v) is 2.23. The van der Waals surface area contributed by atoms with Gasteiger partial charge in [0.25, 0.3) is 0 Å². The van der Waals surface area contributed by atoms with Crippen LogP contribution in [-0.2, 0) is 0 Å². The second-order valence-corrected chi connectivity index (χ2v) is 4.67. The lowest BCUT2D eigenvalue weighted by atomic mass is 9.94. The summed E-state index contributed by atoms with van der Waals surface area (Å²) in [6, 6.07) is 13.3. The Morgan fingerprint density at radius 1 is 1.05 bits per heavy atom. The summed E-state index contributed by atoms with van der Waals surface area (Å²) in [5, 5.41) is 9.38. The third-order valence-corrected chi connectivity index (χ3v) is 3.15. The summed E-state index contributed by atoms with van der Waals surface area (Å²) >= 11 is 0. The molecule has 0 amide bonds. The number of hydrogen-bond donors (Lipinski definition) is 1. The number of fused-ring (bicyclic) bond motifs is 1. The highest BCUT2D eigenvalue weighted by Gasteiger charge is 2.17. The van der Waals surface area contributed by atoms with E-state index < -0.39 is 0 Å². The SMILES string of the molecule is C=C1C=C(c2ccc(O)cc2)c2ccc(C)cc2O1. The van der Waals surface area contributed by atoms with Gasteiger partial charge in [-0.05, 0) is 47.9 Å². The number of benzene rings is 2. The minimum absolute atomic E-state index is 0.263. The van der Waals surface area contributed by atoms with Crippen molar-refractivity contribution < 1.29 is 9.84 Å². The van der Waals surface area contributed by atoms with E-state index in [1.165, 1.54) is 0 Å². The van der Waals surface area contributed by atoms with Crippen LogP contribution in [0.4, 0.5) is 0 Å². The molecule has 2 aromatic carbocycles. The van der Waals surface area contributed by atoms with E-state index in [0.29, 0.717) is 5.76 Å². The summed E-state index contributed by atoms with van der Waals surface area (Å²) in [6.45, 7) is 5.92. The van der Waals surface area contributed by atoms with Gasteiger partial charge in [-0.15, -0.1) is 0 Å². The van der Waals surface area contributed by atoms with Crippen LogP contribution in [-0.4, -0.2) is 5.11 Å². The van der Waals surface area contributed by atoms with Gasteiger partial charge in [0.15, 0.2) is 0 Å². The molecule has 0 aliphatic carbocycles. The van der Waals surface area contributed by atoms with Gasteiger partial charge < -0.3 is 9.84 Å². The Morgan fingerprint density at radius 3 is 2.53 bits per heavy atom. The first kappa shape index (κ1) is 11.6. The van der Waals surface area contributed by atoms with Gasteiger partial charge in [0, 0.05) is 5.56 Å². The maximum atomic E-state index is 9.38. The van der Waals surface area contributed by atoms with Crippen LogP contribution >= 0.6 is 0 Å². The average Bonchev–Trinajstić information content (AvgIpc) is 2.38. The van der Waals surface area contributed by atoms with Crippen molar-refractivity contribution in [2.75, 3.05) is 0 Å². The van der Waals surface area contributed by atoms with E-state index in [1.807, 2.05) is 31.2 Å². The highest BCUT2D eigenvalue weighted by atomic mass is 16.5. The maximum absolute atomic E-state index is 9.38. The molecule has 3 rings (SSSR count).